The Bertz CT molecular complexity index is 958. The molecule has 0 fully saturated rings. The van der Waals surface area contributed by atoms with Crippen LogP contribution in [0.1, 0.15) is 61.8 Å². The van der Waals surface area contributed by atoms with Crippen LogP contribution in [-0.4, -0.2) is 20.9 Å². The normalized spacial score (nSPS) is 11.9. The van der Waals surface area contributed by atoms with Crippen LogP contribution in [0.15, 0.2) is 45.8 Å². The molecule has 29 heavy (non-hydrogen) atoms. The zero-order valence-electron chi connectivity index (χ0n) is 17.5. The average Bonchev–Trinajstić information content (AvgIpc) is 2.66. The van der Waals surface area contributed by atoms with Gasteiger partial charge in [0.1, 0.15) is 11.5 Å². The Morgan fingerprint density at radius 2 is 1.59 bits per heavy atom. The van der Waals surface area contributed by atoms with E-state index >= 15 is 0 Å². The van der Waals surface area contributed by atoms with Crippen molar-refractivity contribution in [2.24, 2.45) is 0 Å². The van der Waals surface area contributed by atoms with Gasteiger partial charge >= 0.3 is 0 Å². The molecule has 0 heterocycles. The predicted octanol–water partition coefficient (Wildman–Crippen LogP) is 5.03. The Hall–Kier alpha value is -1.70. The van der Waals surface area contributed by atoms with Crippen molar-refractivity contribution >= 4 is 32.0 Å². The predicted molar refractivity (Wildman–Crippen MR) is 118 cm³/mol. The van der Waals surface area contributed by atoms with E-state index in [1.165, 1.54) is 0 Å². The van der Waals surface area contributed by atoms with E-state index in [-0.39, 0.29) is 16.7 Å². The van der Waals surface area contributed by atoms with Gasteiger partial charge in [-0.05, 0) is 47.1 Å². The summed E-state index contributed by atoms with van der Waals surface area (Å²) >= 11 is 3.46. The number of nitrogens with one attached hydrogen (secondary N) is 1. The van der Waals surface area contributed by atoms with Gasteiger partial charge in [0.05, 0.1) is 0 Å². The van der Waals surface area contributed by atoms with Gasteiger partial charge in [-0.3, -0.25) is 8.98 Å². The van der Waals surface area contributed by atoms with Crippen molar-refractivity contribution < 1.29 is 17.4 Å². The van der Waals surface area contributed by atoms with Crippen LogP contribution in [0.3, 0.4) is 0 Å². The maximum atomic E-state index is 13.0. The lowest BCUT2D eigenvalue weighted by atomic mass is 9.95. The molecule has 0 aliphatic carbocycles. The van der Waals surface area contributed by atoms with E-state index in [2.05, 4.69) is 21.2 Å². The van der Waals surface area contributed by atoms with Gasteiger partial charge in [-0.1, -0.05) is 74.0 Å². The minimum absolute atomic E-state index is 0.00963. The van der Waals surface area contributed by atoms with Crippen molar-refractivity contribution in [1.29, 1.82) is 0 Å². The number of carbonyl (C=O) groups excluding carboxylic acids is 1. The smallest absolute Gasteiger partial charge is 0.298 e. The lowest BCUT2D eigenvalue weighted by Gasteiger charge is -2.19. The molecule has 0 aliphatic heterocycles. The Balaban J connectivity index is 2.14. The second kappa shape index (κ2) is 9.87. The van der Waals surface area contributed by atoms with Crippen molar-refractivity contribution in [3.05, 3.63) is 63.1 Å². The molecule has 1 N–H and O–H groups in total. The van der Waals surface area contributed by atoms with E-state index in [0.29, 0.717) is 17.7 Å². The maximum absolute atomic E-state index is 13.0. The molecular weight excluding hydrogens is 454 g/mol. The van der Waals surface area contributed by atoms with E-state index in [9.17, 15) is 13.2 Å². The van der Waals surface area contributed by atoms with E-state index in [4.69, 9.17) is 4.18 Å². The van der Waals surface area contributed by atoms with Gasteiger partial charge in [-0.15, -0.1) is 0 Å². The van der Waals surface area contributed by atoms with Gasteiger partial charge in [0.25, 0.3) is 10.1 Å². The standard InChI is InChI=1S/C22H28BrNO4S/c1-14(2)18-9-7-10-19(15(3)4)22(18)29(26,27)28-13-21(25)24-12-17-8-6-11-20(23)16(17)5/h6-11,14-15H,12-13H2,1-5H3,(H,24,25). The van der Waals surface area contributed by atoms with E-state index in [1.54, 1.807) is 12.1 Å². The van der Waals surface area contributed by atoms with Gasteiger partial charge in [-0.2, -0.15) is 8.42 Å². The lowest BCUT2D eigenvalue weighted by molar-refractivity contribution is -0.123. The second-order valence-corrected chi connectivity index (χ2v) is 10.00. The number of amides is 1. The van der Waals surface area contributed by atoms with Gasteiger partial charge in [-0.25, -0.2) is 0 Å². The third-order valence-corrected chi connectivity index (χ3v) is 7.03. The second-order valence-electron chi connectivity index (χ2n) is 7.59. The number of carbonyl (C=O) groups is 1. The molecule has 0 saturated heterocycles. The molecular formula is C22H28BrNO4S. The summed E-state index contributed by atoms with van der Waals surface area (Å²) in [5, 5.41) is 2.72. The van der Waals surface area contributed by atoms with Crippen LogP contribution in [0, 0.1) is 6.92 Å². The fraction of sp³-hybridized carbons (Fsp3) is 0.409. The highest BCUT2D eigenvalue weighted by molar-refractivity contribution is 9.10. The van der Waals surface area contributed by atoms with Gasteiger partial charge in [0.15, 0.2) is 0 Å². The van der Waals surface area contributed by atoms with Gasteiger partial charge in [0.2, 0.25) is 5.91 Å². The summed E-state index contributed by atoms with van der Waals surface area (Å²) in [5.41, 5.74) is 3.36. The lowest BCUT2D eigenvalue weighted by Crippen LogP contribution is -2.29. The quantitative estimate of drug-likeness (QED) is 0.536. The minimum Gasteiger partial charge on any atom is -0.350 e. The molecule has 2 aromatic rings. The third kappa shape index (κ3) is 5.90. The highest BCUT2D eigenvalue weighted by Crippen LogP contribution is 2.32. The SMILES string of the molecule is Cc1c(Br)cccc1CNC(=O)COS(=O)(=O)c1c(C(C)C)cccc1C(C)C. The number of benzene rings is 2. The number of halogens is 1. The van der Waals surface area contributed by atoms with Crippen molar-refractivity contribution in [3.8, 4) is 0 Å². The highest BCUT2D eigenvalue weighted by Gasteiger charge is 2.27. The van der Waals surface area contributed by atoms with E-state index < -0.39 is 22.6 Å². The molecule has 2 rings (SSSR count). The van der Waals surface area contributed by atoms with Gasteiger partial charge < -0.3 is 5.32 Å². The molecule has 0 bridgehead atoms. The van der Waals surface area contributed by atoms with Crippen LogP contribution in [0.4, 0.5) is 0 Å². The Kier molecular flexibility index (Phi) is 8.02. The first-order chi connectivity index (χ1) is 13.5. The van der Waals surface area contributed by atoms with Crippen LogP contribution in [-0.2, 0) is 25.6 Å². The zero-order valence-corrected chi connectivity index (χ0v) is 19.9. The Morgan fingerprint density at radius 3 is 2.14 bits per heavy atom. The van der Waals surface area contributed by atoms with E-state index in [1.807, 2.05) is 58.9 Å². The molecule has 0 saturated carbocycles. The van der Waals surface area contributed by atoms with Crippen molar-refractivity contribution in [3.63, 3.8) is 0 Å². The monoisotopic (exact) mass is 481 g/mol. The topological polar surface area (TPSA) is 72.5 Å². The number of rotatable bonds is 8. The van der Waals surface area contributed by atoms with Crippen LogP contribution >= 0.6 is 15.9 Å². The van der Waals surface area contributed by atoms with Crippen molar-refractivity contribution in [2.45, 2.75) is 57.9 Å². The summed E-state index contributed by atoms with van der Waals surface area (Å²) in [6.07, 6.45) is 0. The summed E-state index contributed by atoms with van der Waals surface area (Å²) in [4.78, 5) is 12.4. The Labute approximate surface area is 182 Å². The first kappa shape index (κ1) is 23.6. The fourth-order valence-corrected chi connectivity index (χ4v) is 5.02. The average molecular weight is 482 g/mol. The van der Waals surface area contributed by atoms with Crippen molar-refractivity contribution in [1.82, 2.24) is 5.32 Å². The Morgan fingerprint density at radius 1 is 1.03 bits per heavy atom. The zero-order chi connectivity index (χ0) is 21.8. The molecule has 0 spiro atoms. The summed E-state index contributed by atoms with van der Waals surface area (Å²) in [6, 6.07) is 11.2. The number of hydrogen-bond donors (Lipinski definition) is 1. The summed E-state index contributed by atoms with van der Waals surface area (Å²) in [5.74, 6) is -0.466. The highest BCUT2D eigenvalue weighted by atomic mass is 79.9. The molecule has 0 unspecified atom stereocenters. The molecule has 5 nitrogen and oxygen atoms in total. The summed E-state index contributed by atoms with van der Waals surface area (Å²) in [7, 11) is -4.07. The van der Waals surface area contributed by atoms with Gasteiger partial charge in [0, 0.05) is 11.0 Å². The van der Waals surface area contributed by atoms with Crippen LogP contribution in [0.5, 0.6) is 0 Å². The molecule has 7 heteroatoms. The first-order valence-electron chi connectivity index (χ1n) is 9.57. The molecule has 1 amide bonds. The minimum atomic E-state index is -4.07. The first-order valence-corrected chi connectivity index (χ1v) is 11.8. The third-order valence-electron chi connectivity index (χ3n) is 4.77. The van der Waals surface area contributed by atoms with Crippen LogP contribution < -0.4 is 5.32 Å². The van der Waals surface area contributed by atoms with Crippen LogP contribution in [0.2, 0.25) is 0 Å². The summed E-state index contributed by atoms with van der Waals surface area (Å²) in [6.45, 7) is 9.43. The molecule has 0 radical (unpaired) electrons. The maximum Gasteiger partial charge on any atom is 0.298 e. The van der Waals surface area contributed by atoms with Crippen molar-refractivity contribution in [2.75, 3.05) is 6.61 Å². The molecule has 0 aliphatic rings. The van der Waals surface area contributed by atoms with Crippen LogP contribution in [0.25, 0.3) is 0 Å². The molecule has 158 valence electrons. The van der Waals surface area contributed by atoms with E-state index in [0.717, 1.165) is 15.6 Å². The number of hydrogen-bond acceptors (Lipinski definition) is 4. The molecule has 0 aromatic heterocycles. The summed E-state index contributed by atoms with van der Waals surface area (Å²) < 4.78 is 32.0. The largest absolute Gasteiger partial charge is 0.350 e. The molecule has 0 atom stereocenters. The fourth-order valence-electron chi connectivity index (χ4n) is 3.05. The molecule has 2 aromatic carbocycles.